The molecule has 142 valence electrons. The third-order valence-corrected chi connectivity index (χ3v) is 5.55. The van der Waals surface area contributed by atoms with Gasteiger partial charge >= 0.3 is 0 Å². The number of fused-ring (bicyclic) bond motifs is 1. The number of hydrogen-bond acceptors (Lipinski definition) is 4. The van der Waals surface area contributed by atoms with Crippen molar-refractivity contribution < 1.29 is 9.59 Å². The minimum Gasteiger partial charge on any atom is -0.368 e. The lowest BCUT2D eigenvalue weighted by Gasteiger charge is -2.26. The zero-order chi connectivity index (χ0) is 18.5. The van der Waals surface area contributed by atoms with E-state index in [0.717, 1.165) is 37.3 Å². The fourth-order valence-electron chi connectivity index (χ4n) is 4.08. The highest BCUT2D eigenvalue weighted by atomic mass is 16.2. The number of para-hydroxylation sites is 1. The maximum absolute atomic E-state index is 12.7. The molecular formula is C21H31N3O2. The van der Waals surface area contributed by atoms with E-state index in [1.54, 1.807) is 0 Å². The maximum Gasteiger partial charge on any atom is 0.288 e. The minimum absolute atomic E-state index is 0.307. The molecule has 1 aromatic rings. The van der Waals surface area contributed by atoms with E-state index in [2.05, 4.69) is 29.0 Å². The molecule has 2 aliphatic rings. The summed E-state index contributed by atoms with van der Waals surface area (Å²) in [4.78, 5) is 29.8. The Morgan fingerprint density at radius 3 is 2.62 bits per heavy atom. The fraction of sp³-hybridized carbons (Fsp3) is 0.619. The first-order chi connectivity index (χ1) is 12.6. The van der Waals surface area contributed by atoms with Crippen molar-refractivity contribution in [3.63, 3.8) is 0 Å². The molecule has 0 saturated carbocycles. The highest BCUT2D eigenvalue weighted by molar-refractivity contribution is 6.38. The molecule has 0 spiro atoms. The standard InChI is InChI=1S/C21H31N3O2/c1-16(2)24-15-18(17-9-4-5-10-19(17)24)20(25)21(26)22-11-8-14-23-12-6-3-7-13-23/h4-5,9-10,16,18H,3,6-8,11-15H2,1-2H3,(H,22,26). The van der Waals surface area contributed by atoms with Gasteiger partial charge in [-0.25, -0.2) is 0 Å². The van der Waals surface area contributed by atoms with Gasteiger partial charge in [-0.05, 0) is 64.4 Å². The second-order valence-corrected chi connectivity index (χ2v) is 7.73. The lowest BCUT2D eigenvalue weighted by atomic mass is 9.96. The topological polar surface area (TPSA) is 52.7 Å². The van der Waals surface area contributed by atoms with Crippen LogP contribution in [0.3, 0.4) is 0 Å². The Morgan fingerprint density at radius 2 is 1.88 bits per heavy atom. The van der Waals surface area contributed by atoms with Crippen LogP contribution in [0.15, 0.2) is 24.3 Å². The molecule has 0 aliphatic carbocycles. The van der Waals surface area contributed by atoms with Crippen LogP contribution in [0.25, 0.3) is 0 Å². The van der Waals surface area contributed by atoms with Crippen LogP contribution in [0.1, 0.15) is 51.0 Å². The third-order valence-electron chi connectivity index (χ3n) is 5.55. The van der Waals surface area contributed by atoms with E-state index in [1.165, 1.54) is 19.3 Å². The van der Waals surface area contributed by atoms with E-state index in [4.69, 9.17) is 0 Å². The summed E-state index contributed by atoms with van der Waals surface area (Å²) in [6.07, 6.45) is 4.78. The summed E-state index contributed by atoms with van der Waals surface area (Å²) in [5.41, 5.74) is 2.06. The van der Waals surface area contributed by atoms with Gasteiger partial charge in [0.15, 0.2) is 0 Å². The highest BCUT2D eigenvalue weighted by Gasteiger charge is 2.37. The van der Waals surface area contributed by atoms with Gasteiger partial charge in [0, 0.05) is 24.8 Å². The Labute approximate surface area is 156 Å². The van der Waals surface area contributed by atoms with Crippen LogP contribution < -0.4 is 10.2 Å². The number of carbonyl (C=O) groups excluding carboxylic acids is 2. The molecule has 1 aromatic carbocycles. The number of ketones is 1. The number of hydrogen-bond donors (Lipinski definition) is 1. The quantitative estimate of drug-likeness (QED) is 0.602. The van der Waals surface area contributed by atoms with Crippen LogP contribution in [-0.4, -0.2) is 55.4 Å². The molecule has 26 heavy (non-hydrogen) atoms. The zero-order valence-electron chi connectivity index (χ0n) is 16.0. The smallest absolute Gasteiger partial charge is 0.288 e. The van der Waals surface area contributed by atoms with Crippen molar-refractivity contribution in [3.8, 4) is 0 Å². The predicted molar refractivity (Wildman–Crippen MR) is 105 cm³/mol. The van der Waals surface area contributed by atoms with Crippen molar-refractivity contribution in [3.05, 3.63) is 29.8 Å². The number of Topliss-reactive ketones (excluding diaryl/α,β-unsaturated/α-hetero) is 1. The van der Waals surface area contributed by atoms with E-state index < -0.39 is 5.91 Å². The number of nitrogens with one attached hydrogen (secondary N) is 1. The van der Waals surface area contributed by atoms with E-state index in [1.807, 2.05) is 24.3 Å². The first-order valence-electron chi connectivity index (χ1n) is 9.98. The number of nitrogens with zero attached hydrogens (tertiary/aromatic N) is 2. The van der Waals surface area contributed by atoms with Crippen LogP contribution in [0.2, 0.25) is 0 Å². The minimum atomic E-state index is -0.436. The van der Waals surface area contributed by atoms with Crippen LogP contribution in [0.4, 0.5) is 5.69 Å². The van der Waals surface area contributed by atoms with Crippen LogP contribution in [0.5, 0.6) is 0 Å². The molecule has 1 saturated heterocycles. The molecule has 2 aliphatic heterocycles. The van der Waals surface area contributed by atoms with Crippen LogP contribution in [0, 0.1) is 0 Å². The Kier molecular flexibility index (Phi) is 6.30. The Morgan fingerprint density at radius 1 is 1.15 bits per heavy atom. The number of amides is 1. The predicted octanol–water partition coefficient (Wildman–Crippen LogP) is 2.56. The lowest BCUT2D eigenvalue weighted by molar-refractivity contribution is -0.138. The summed E-state index contributed by atoms with van der Waals surface area (Å²) in [5.74, 6) is -1.09. The van der Waals surface area contributed by atoms with Crippen molar-refractivity contribution in [2.75, 3.05) is 37.6 Å². The monoisotopic (exact) mass is 357 g/mol. The molecule has 1 unspecified atom stereocenters. The summed E-state index contributed by atoms with van der Waals surface area (Å²) < 4.78 is 0. The highest BCUT2D eigenvalue weighted by Crippen LogP contribution is 2.37. The third kappa shape index (κ3) is 4.26. The SMILES string of the molecule is CC(C)N1CC(C(=O)C(=O)NCCCN2CCCCC2)c2ccccc21. The van der Waals surface area contributed by atoms with Crippen LogP contribution >= 0.6 is 0 Å². The lowest BCUT2D eigenvalue weighted by Crippen LogP contribution is -2.39. The molecule has 0 bridgehead atoms. The van der Waals surface area contributed by atoms with Gasteiger partial charge in [0.25, 0.3) is 5.91 Å². The zero-order valence-corrected chi connectivity index (χ0v) is 16.0. The average molecular weight is 357 g/mol. The second-order valence-electron chi connectivity index (χ2n) is 7.73. The summed E-state index contributed by atoms with van der Waals surface area (Å²) in [7, 11) is 0. The van der Waals surface area contributed by atoms with Gasteiger partial charge in [0.2, 0.25) is 5.78 Å². The average Bonchev–Trinajstić information content (AvgIpc) is 3.05. The summed E-state index contributed by atoms with van der Waals surface area (Å²) in [6, 6.07) is 8.26. The number of anilines is 1. The second kappa shape index (κ2) is 8.67. The molecule has 2 heterocycles. The van der Waals surface area contributed by atoms with Gasteiger partial charge in [-0.1, -0.05) is 24.6 Å². The Bertz CT molecular complexity index is 638. The summed E-state index contributed by atoms with van der Waals surface area (Å²) >= 11 is 0. The number of carbonyl (C=O) groups is 2. The van der Waals surface area contributed by atoms with Crippen LogP contribution in [-0.2, 0) is 9.59 Å². The van der Waals surface area contributed by atoms with E-state index in [0.29, 0.717) is 19.1 Å². The van der Waals surface area contributed by atoms with Gasteiger partial charge in [-0.2, -0.15) is 0 Å². The van der Waals surface area contributed by atoms with Crippen molar-refractivity contribution >= 4 is 17.4 Å². The Hall–Kier alpha value is -1.88. The van der Waals surface area contributed by atoms with Gasteiger partial charge in [-0.15, -0.1) is 0 Å². The van der Waals surface area contributed by atoms with E-state index in [-0.39, 0.29) is 11.7 Å². The summed E-state index contributed by atoms with van der Waals surface area (Å²) in [6.45, 7) is 8.73. The molecule has 0 aromatic heterocycles. The summed E-state index contributed by atoms with van der Waals surface area (Å²) in [5, 5.41) is 2.84. The van der Waals surface area contributed by atoms with Gasteiger partial charge in [0.1, 0.15) is 0 Å². The number of benzene rings is 1. The van der Waals surface area contributed by atoms with Gasteiger partial charge in [-0.3, -0.25) is 9.59 Å². The van der Waals surface area contributed by atoms with Crippen molar-refractivity contribution in [2.45, 2.75) is 51.5 Å². The van der Waals surface area contributed by atoms with Crippen molar-refractivity contribution in [1.29, 1.82) is 0 Å². The Balaban J connectivity index is 1.51. The number of likely N-dealkylation sites (tertiary alicyclic amines) is 1. The van der Waals surface area contributed by atoms with E-state index >= 15 is 0 Å². The molecule has 1 atom stereocenters. The fourth-order valence-corrected chi connectivity index (χ4v) is 4.08. The van der Waals surface area contributed by atoms with Gasteiger partial charge < -0.3 is 15.1 Å². The first kappa shape index (κ1) is 18.9. The normalized spacial score (nSPS) is 20.3. The molecular weight excluding hydrogens is 326 g/mol. The number of rotatable bonds is 7. The molecule has 3 rings (SSSR count). The maximum atomic E-state index is 12.7. The number of piperidine rings is 1. The molecule has 1 amide bonds. The molecule has 5 nitrogen and oxygen atoms in total. The van der Waals surface area contributed by atoms with E-state index in [9.17, 15) is 9.59 Å². The first-order valence-corrected chi connectivity index (χ1v) is 9.98. The van der Waals surface area contributed by atoms with Crippen molar-refractivity contribution in [1.82, 2.24) is 10.2 Å². The molecule has 1 fully saturated rings. The molecule has 5 heteroatoms. The van der Waals surface area contributed by atoms with Crippen molar-refractivity contribution in [2.24, 2.45) is 0 Å². The largest absolute Gasteiger partial charge is 0.368 e. The molecule has 1 N–H and O–H groups in total. The van der Waals surface area contributed by atoms with Gasteiger partial charge in [0.05, 0.1) is 5.92 Å². The molecule has 0 radical (unpaired) electrons.